The lowest BCUT2D eigenvalue weighted by molar-refractivity contribution is -0.120. The fraction of sp³-hybridized carbons (Fsp3) is 0.308. The maximum Gasteiger partial charge on any atom is 0.253 e. The number of nitrogens with two attached hydrogens (primary N) is 1. The van der Waals surface area contributed by atoms with Crippen molar-refractivity contribution in [2.24, 2.45) is 10.9 Å². The molecule has 0 spiro atoms. The molecule has 0 fully saturated rings. The van der Waals surface area contributed by atoms with E-state index >= 15 is 0 Å². The molecule has 0 aliphatic heterocycles. The maximum absolute atomic E-state index is 12.2. The number of amidine groups is 1. The number of hydrogen-bond donors (Lipinski definition) is 3. The molecule has 7 heteroatoms. The molecule has 0 radical (unpaired) electrons. The second-order valence-electron chi connectivity index (χ2n) is 4.22. The summed E-state index contributed by atoms with van der Waals surface area (Å²) in [6.45, 7) is 0.312. The van der Waals surface area contributed by atoms with E-state index in [4.69, 9.17) is 10.9 Å². The van der Waals surface area contributed by atoms with Crippen molar-refractivity contribution in [2.45, 2.75) is 6.42 Å². The van der Waals surface area contributed by atoms with Gasteiger partial charge in [-0.2, -0.15) is 0 Å². The van der Waals surface area contributed by atoms with Crippen LogP contribution in [0.15, 0.2) is 29.4 Å². The zero-order valence-corrected chi connectivity index (χ0v) is 11.5. The van der Waals surface area contributed by atoms with E-state index in [0.717, 1.165) is 0 Å². The van der Waals surface area contributed by atoms with Gasteiger partial charge < -0.3 is 21.2 Å². The van der Waals surface area contributed by atoms with Gasteiger partial charge in [0.1, 0.15) is 0 Å². The number of rotatable bonds is 5. The number of nitrogens with zero attached hydrogens (tertiary/aromatic N) is 2. The summed E-state index contributed by atoms with van der Waals surface area (Å²) in [4.78, 5) is 24.8. The van der Waals surface area contributed by atoms with Crippen molar-refractivity contribution in [3.63, 3.8) is 0 Å². The topological polar surface area (TPSA) is 108 Å². The van der Waals surface area contributed by atoms with Crippen molar-refractivity contribution in [3.05, 3.63) is 35.4 Å². The first-order valence-corrected chi connectivity index (χ1v) is 6.03. The molecular formula is C13H18N4O3. The first kappa shape index (κ1) is 15.5. The van der Waals surface area contributed by atoms with Crippen LogP contribution in [-0.4, -0.2) is 48.4 Å². The molecule has 1 rings (SSSR count). The van der Waals surface area contributed by atoms with Crippen molar-refractivity contribution in [2.75, 3.05) is 20.6 Å². The predicted octanol–water partition coefficient (Wildman–Crippen LogP) is -0.0108. The Morgan fingerprint density at radius 1 is 1.40 bits per heavy atom. The third-order valence-corrected chi connectivity index (χ3v) is 2.81. The number of carbonyl (C=O) groups excluding carboxylic acids is 2. The molecule has 2 amide bonds. The lowest BCUT2D eigenvalue weighted by Crippen LogP contribution is -2.31. The van der Waals surface area contributed by atoms with Gasteiger partial charge in [0, 0.05) is 38.2 Å². The largest absolute Gasteiger partial charge is 0.409 e. The van der Waals surface area contributed by atoms with E-state index in [9.17, 15) is 9.59 Å². The van der Waals surface area contributed by atoms with Crippen molar-refractivity contribution in [1.82, 2.24) is 10.2 Å². The Morgan fingerprint density at radius 2 is 2.05 bits per heavy atom. The number of hydrogen-bond acceptors (Lipinski definition) is 4. The average Bonchev–Trinajstić information content (AvgIpc) is 2.50. The molecule has 0 aliphatic rings. The molecule has 0 aliphatic carbocycles. The quantitative estimate of drug-likeness (QED) is 0.304. The Kier molecular flexibility index (Phi) is 5.52. The van der Waals surface area contributed by atoms with E-state index in [1.165, 1.54) is 11.0 Å². The molecule has 1 aromatic rings. The van der Waals surface area contributed by atoms with Crippen molar-refractivity contribution in [1.29, 1.82) is 0 Å². The molecule has 0 aromatic heterocycles. The van der Waals surface area contributed by atoms with Crippen LogP contribution < -0.4 is 11.1 Å². The smallest absolute Gasteiger partial charge is 0.253 e. The molecular weight excluding hydrogens is 260 g/mol. The van der Waals surface area contributed by atoms with Crippen LogP contribution in [0.25, 0.3) is 0 Å². The third-order valence-electron chi connectivity index (χ3n) is 2.81. The molecule has 7 nitrogen and oxygen atoms in total. The van der Waals surface area contributed by atoms with E-state index in [1.807, 2.05) is 0 Å². The van der Waals surface area contributed by atoms with E-state index in [2.05, 4.69) is 10.5 Å². The number of oxime groups is 1. The minimum Gasteiger partial charge on any atom is -0.409 e. The highest BCUT2D eigenvalue weighted by Crippen LogP contribution is 2.08. The van der Waals surface area contributed by atoms with Crippen LogP contribution in [0.5, 0.6) is 0 Å². The van der Waals surface area contributed by atoms with Gasteiger partial charge in [0.05, 0.1) is 0 Å². The molecule has 0 saturated carbocycles. The molecule has 4 N–H and O–H groups in total. The Morgan fingerprint density at radius 3 is 2.65 bits per heavy atom. The normalized spacial score (nSPS) is 11.0. The van der Waals surface area contributed by atoms with Crippen LogP contribution in [0.4, 0.5) is 0 Å². The Hall–Kier alpha value is -2.57. The zero-order valence-electron chi connectivity index (χ0n) is 11.5. The number of carbonyl (C=O) groups is 2. The van der Waals surface area contributed by atoms with Crippen LogP contribution in [0.1, 0.15) is 22.3 Å². The van der Waals surface area contributed by atoms with E-state index < -0.39 is 0 Å². The first-order chi connectivity index (χ1) is 9.49. The number of nitrogens with one attached hydrogen (secondary N) is 1. The molecule has 0 atom stereocenters. The Balaban J connectivity index is 2.79. The van der Waals surface area contributed by atoms with Crippen LogP contribution in [-0.2, 0) is 4.79 Å². The standard InChI is InChI=1S/C13H18N4O3/c1-15-11(18)6-7-17(2)13(19)10-5-3-4-9(8-10)12(14)16-20/h3-5,8,20H,6-7H2,1-2H3,(H2,14,16)(H,15,18). The van der Waals surface area contributed by atoms with Crippen LogP contribution >= 0.6 is 0 Å². The highest BCUT2D eigenvalue weighted by molar-refractivity contribution is 6.01. The lowest BCUT2D eigenvalue weighted by atomic mass is 10.1. The maximum atomic E-state index is 12.2. The van der Waals surface area contributed by atoms with Crippen molar-refractivity contribution < 1.29 is 14.8 Å². The van der Waals surface area contributed by atoms with Gasteiger partial charge in [-0.3, -0.25) is 9.59 Å². The summed E-state index contributed by atoms with van der Waals surface area (Å²) in [5.74, 6) is -0.427. The summed E-state index contributed by atoms with van der Waals surface area (Å²) in [6.07, 6.45) is 0.235. The van der Waals surface area contributed by atoms with Crippen molar-refractivity contribution in [3.8, 4) is 0 Å². The van der Waals surface area contributed by atoms with E-state index in [1.54, 1.807) is 32.3 Å². The Bertz CT molecular complexity index is 528. The number of amides is 2. The van der Waals surface area contributed by atoms with Gasteiger partial charge in [-0.25, -0.2) is 0 Å². The highest BCUT2D eigenvalue weighted by atomic mass is 16.4. The summed E-state index contributed by atoms with van der Waals surface area (Å²) in [5, 5.41) is 14.0. The summed E-state index contributed by atoms with van der Waals surface area (Å²) >= 11 is 0. The van der Waals surface area contributed by atoms with Gasteiger partial charge in [0.2, 0.25) is 5.91 Å². The molecule has 108 valence electrons. The predicted molar refractivity (Wildman–Crippen MR) is 74.6 cm³/mol. The zero-order chi connectivity index (χ0) is 15.1. The molecule has 0 bridgehead atoms. The monoisotopic (exact) mass is 278 g/mol. The van der Waals surface area contributed by atoms with E-state index in [-0.39, 0.29) is 24.1 Å². The Labute approximate surface area is 117 Å². The van der Waals surface area contributed by atoms with Gasteiger partial charge in [-0.15, -0.1) is 0 Å². The second-order valence-corrected chi connectivity index (χ2v) is 4.22. The fourth-order valence-electron chi connectivity index (χ4n) is 1.59. The molecule has 20 heavy (non-hydrogen) atoms. The third kappa shape index (κ3) is 3.98. The van der Waals surface area contributed by atoms with Gasteiger partial charge in [-0.1, -0.05) is 17.3 Å². The number of benzene rings is 1. The highest BCUT2D eigenvalue weighted by Gasteiger charge is 2.13. The SMILES string of the molecule is CNC(=O)CCN(C)C(=O)c1cccc(/C(N)=N/O)c1. The summed E-state index contributed by atoms with van der Waals surface area (Å²) in [7, 11) is 3.16. The van der Waals surface area contributed by atoms with Crippen LogP contribution in [0, 0.1) is 0 Å². The second kappa shape index (κ2) is 7.13. The molecule has 1 aromatic carbocycles. The van der Waals surface area contributed by atoms with Gasteiger partial charge in [0.15, 0.2) is 5.84 Å². The van der Waals surface area contributed by atoms with Gasteiger partial charge >= 0.3 is 0 Å². The van der Waals surface area contributed by atoms with Crippen LogP contribution in [0.3, 0.4) is 0 Å². The average molecular weight is 278 g/mol. The van der Waals surface area contributed by atoms with Gasteiger partial charge in [-0.05, 0) is 12.1 Å². The van der Waals surface area contributed by atoms with E-state index in [0.29, 0.717) is 17.7 Å². The minimum atomic E-state index is -0.235. The van der Waals surface area contributed by atoms with Gasteiger partial charge in [0.25, 0.3) is 5.91 Å². The molecule has 0 saturated heterocycles. The summed E-state index contributed by atoms with van der Waals surface area (Å²) in [6, 6.07) is 6.45. The first-order valence-electron chi connectivity index (χ1n) is 6.03. The fourth-order valence-corrected chi connectivity index (χ4v) is 1.59. The summed E-state index contributed by atoms with van der Waals surface area (Å²) < 4.78 is 0. The molecule has 0 unspecified atom stereocenters. The van der Waals surface area contributed by atoms with Crippen molar-refractivity contribution >= 4 is 17.6 Å². The molecule has 0 heterocycles. The minimum absolute atomic E-state index is 0.0623. The lowest BCUT2D eigenvalue weighted by Gasteiger charge is -2.17. The summed E-state index contributed by atoms with van der Waals surface area (Å²) in [5.41, 5.74) is 6.35. The van der Waals surface area contributed by atoms with Crippen LogP contribution in [0.2, 0.25) is 0 Å².